The highest BCUT2D eigenvalue weighted by atomic mass is 16.6. The number of phenolic OH excluding ortho intramolecular Hbond substituents is 2. The second-order valence-electron chi connectivity index (χ2n) is 6.63. The zero-order valence-corrected chi connectivity index (χ0v) is 16.8. The van der Waals surface area contributed by atoms with Gasteiger partial charge in [0, 0.05) is 17.3 Å². The topological polar surface area (TPSA) is 176 Å². The molecule has 0 saturated heterocycles. The van der Waals surface area contributed by atoms with Crippen LogP contribution in [0.15, 0.2) is 67.0 Å². The van der Waals surface area contributed by atoms with E-state index in [1.54, 1.807) is 24.3 Å². The number of hydrogen-bond donors (Lipinski definition) is 5. The summed E-state index contributed by atoms with van der Waals surface area (Å²) >= 11 is 0. The number of carbonyl (C=O) groups excluding carboxylic acids is 1. The molecule has 6 N–H and O–H groups in total. The molecule has 0 saturated carbocycles. The molecule has 0 fully saturated rings. The van der Waals surface area contributed by atoms with Crippen molar-refractivity contribution in [1.82, 2.24) is 5.32 Å². The predicted octanol–water partition coefficient (Wildman–Crippen LogP) is 2.36. The average Bonchev–Trinajstić information content (AvgIpc) is 2.72. The molecule has 32 heavy (non-hydrogen) atoms. The SMILES string of the molecule is C=C/C(NC(=O)Cc1cc(O)c(O)c([N+](=O)[O-])c1)=C(\C=C/N)c1cccc(CC(=O)O)c1. The fraction of sp³-hybridized carbons (Fsp3) is 0.0909. The van der Waals surface area contributed by atoms with Crippen molar-refractivity contribution in [3.63, 3.8) is 0 Å². The number of carbonyl (C=O) groups is 2. The Labute approximate surface area is 182 Å². The second-order valence-corrected chi connectivity index (χ2v) is 6.63. The molecule has 2 aromatic rings. The van der Waals surface area contributed by atoms with Crippen LogP contribution in [0.4, 0.5) is 5.69 Å². The van der Waals surface area contributed by atoms with Crippen molar-refractivity contribution in [2.24, 2.45) is 5.73 Å². The van der Waals surface area contributed by atoms with Gasteiger partial charge in [-0.1, -0.05) is 30.8 Å². The van der Waals surface area contributed by atoms with Gasteiger partial charge in [0.25, 0.3) is 0 Å². The first-order valence-electron chi connectivity index (χ1n) is 9.21. The number of carboxylic acids is 1. The number of rotatable bonds is 9. The molecule has 0 aliphatic rings. The average molecular weight is 439 g/mol. The summed E-state index contributed by atoms with van der Waals surface area (Å²) in [4.78, 5) is 33.7. The number of aliphatic carboxylic acids is 1. The summed E-state index contributed by atoms with van der Waals surface area (Å²) in [5, 5.41) is 41.9. The summed E-state index contributed by atoms with van der Waals surface area (Å²) in [6.45, 7) is 3.68. The lowest BCUT2D eigenvalue weighted by Crippen LogP contribution is -2.24. The van der Waals surface area contributed by atoms with Crippen molar-refractivity contribution in [3.05, 3.63) is 93.8 Å². The minimum Gasteiger partial charge on any atom is -0.504 e. The van der Waals surface area contributed by atoms with Crippen LogP contribution in [0.5, 0.6) is 11.5 Å². The number of nitrogens with one attached hydrogen (secondary N) is 1. The summed E-state index contributed by atoms with van der Waals surface area (Å²) in [5.41, 5.74) is 6.76. The number of hydrogen-bond acceptors (Lipinski definition) is 7. The van der Waals surface area contributed by atoms with Crippen LogP contribution in [0.2, 0.25) is 0 Å². The van der Waals surface area contributed by atoms with Crippen molar-refractivity contribution in [2.45, 2.75) is 12.8 Å². The molecular formula is C22H21N3O7. The maximum absolute atomic E-state index is 12.6. The van der Waals surface area contributed by atoms with Gasteiger partial charge >= 0.3 is 11.7 Å². The normalized spacial score (nSPS) is 11.6. The van der Waals surface area contributed by atoms with E-state index in [9.17, 15) is 29.9 Å². The minimum atomic E-state index is -0.995. The maximum atomic E-state index is 12.6. The first kappa shape index (κ1) is 23.7. The predicted molar refractivity (Wildman–Crippen MR) is 116 cm³/mol. The Morgan fingerprint density at radius 3 is 2.47 bits per heavy atom. The van der Waals surface area contributed by atoms with Gasteiger partial charge in [0.05, 0.1) is 17.8 Å². The van der Waals surface area contributed by atoms with E-state index in [2.05, 4.69) is 11.9 Å². The summed E-state index contributed by atoms with van der Waals surface area (Å²) in [7, 11) is 0. The van der Waals surface area contributed by atoms with Crippen LogP contribution in [0.25, 0.3) is 5.57 Å². The Bertz CT molecular complexity index is 1140. The van der Waals surface area contributed by atoms with E-state index in [0.29, 0.717) is 16.7 Å². The summed E-state index contributed by atoms with van der Waals surface area (Å²) in [5.74, 6) is -3.18. The number of benzene rings is 2. The number of phenols is 2. The maximum Gasteiger partial charge on any atom is 0.314 e. The third-order valence-corrected chi connectivity index (χ3v) is 4.32. The van der Waals surface area contributed by atoms with Gasteiger partial charge in [0.15, 0.2) is 5.75 Å². The fourth-order valence-corrected chi connectivity index (χ4v) is 2.97. The van der Waals surface area contributed by atoms with Crippen LogP contribution in [0.3, 0.4) is 0 Å². The molecular weight excluding hydrogens is 418 g/mol. The molecule has 0 aromatic heterocycles. The zero-order chi connectivity index (χ0) is 23.8. The standard InChI is InChI=1S/C22H21N3O7/c1-2-17(16(6-7-23)15-5-3-4-13(8-15)12-21(28)29)24-20(27)11-14-9-18(25(31)32)22(30)19(26)10-14/h2-10,26,30H,1,11-12,23H2,(H,24,27)(H,28,29)/b7-6-,17-16-. The lowest BCUT2D eigenvalue weighted by molar-refractivity contribution is -0.386. The number of aromatic hydroxyl groups is 2. The highest BCUT2D eigenvalue weighted by Crippen LogP contribution is 2.36. The van der Waals surface area contributed by atoms with Crippen LogP contribution in [-0.4, -0.2) is 32.1 Å². The van der Waals surface area contributed by atoms with Crippen molar-refractivity contribution in [2.75, 3.05) is 0 Å². The molecule has 0 atom stereocenters. The van der Waals surface area contributed by atoms with E-state index in [-0.39, 0.29) is 24.1 Å². The first-order valence-corrected chi connectivity index (χ1v) is 9.21. The largest absolute Gasteiger partial charge is 0.504 e. The molecule has 0 unspecified atom stereocenters. The quantitative estimate of drug-likeness (QED) is 0.171. The van der Waals surface area contributed by atoms with E-state index in [1.807, 2.05) is 0 Å². The van der Waals surface area contributed by atoms with Gasteiger partial charge in [-0.3, -0.25) is 19.7 Å². The third-order valence-electron chi connectivity index (χ3n) is 4.32. The Balaban J connectivity index is 2.37. The van der Waals surface area contributed by atoms with E-state index >= 15 is 0 Å². The van der Waals surface area contributed by atoms with Crippen LogP contribution >= 0.6 is 0 Å². The van der Waals surface area contributed by atoms with Crippen LogP contribution in [0, 0.1) is 10.1 Å². The highest BCUT2D eigenvalue weighted by Gasteiger charge is 2.20. The zero-order valence-electron chi connectivity index (χ0n) is 16.8. The monoisotopic (exact) mass is 439 g/mol. The Kier molecular flexibility index (Phi) is 7.72. The molecule has 0 aliphatic carbocycles. The third kappa shape index (κ3) is 5.95. The highest BCUT2D eigenvalue weighted by molar-refractivity contribution is 5.87. The molecule has 166 valence electrons. The molecule has 1 amide bonds. The van der Waals surface area contributed by atoms with Gasteiger partial charge in [-0.25, -0.2) is 0 Å². The lowest BCUT2D eigenvalue weighted by atomic mass is 9.99. The van der Waals surface area contributed by atoms with Crippen LogP contribution in [-0.2, 0) is 22.4 Å². The molecule has 0 radical (unpaired) electrons. The second kappa shape index (κ2) is 10.4. The number of nitro benzene ring substituents is 1. The molecule has 10 nitrogen and oxygen atoms in total. The van der Waals surface area contributed by atoms with E-state index in [1.165, 1.54) is 18.4 Å². The van der Waals surface area contributed by atoms with Crippen molar-refractivity contribution >= 4 is 23.1 Å². The Morgan fingerprint density at radius 2 is 1.88 bits per heavy atom. The van der Waals surface area contributed by atoms with Crippen molar-refractivity contribution < 1.29 is 29.8 Å². The summed E-state index contributed by atoms with van der Waals surface area (Å²) in [6.07, 6.45) is 3.59. The number of nitrogens with zero attached hydrogens (tertiary/aromatic N) is 1. The van der Waals surface area contributed by atoms with Crippen molar-refractivity contribution in [1.29, 1.82) is 0 Å². The van der Waals surface area contributed by atoms with Crippen molar-refractivity contribution in [3.8, 4) is 11.5 Å². The lowest BCUT2D eigenvalue weighted by Gasteiger charge is -2.13. The molecule has 0 heterocycles. The molecule has 0 spiro atoms. The van der Waals surface area contributed by atoms with Gasteiger partial charge in [0.2, 0.25) is 11.7 Å². The van der Waals surface area contributed by atoms with Gasteiger partial charge in [-0.2, -0.15) is 0 Å². The van der Waals surface area contributed by atoms with Crippen LogP contribution < -0.4 is 11.1 Å². The van der Waals surface area contributed by atoms with E-state index in [0.717, 1.165) is 12.1 Å². The van der Waals surface area contributed by atoms with E-state index in [4.69, 9.17) is 10.8 Å². The first-order chi connectivity index (χ1) is 15.2. The number of nitro groups is 1. The van der Waals surface area contributed by atoms with Gasteiger partial charge in [0.1, 0.15) is 0 Å². The Morgan fingerprint density at radius 1 is 1.16 bits per heavy atom. The number of nitrogens with two attached hydrogens (primary N) is 1. The smallest absolute Gasteiger partial charge is 0.314 e. The number of amides is 1. The molecule has 0 bridgehead atoms. The fourth-order valence-electron chi connectivity index (χ4n) is 2.97. The molecule has 2 aromatic carbocycles. The molecule has 0 aliphatic heterocycles. The molecule has 10 heteroatoms. The van der Waals surface area contributed by atoms with Gasteiger partial charge in [-0.05, 0) is 41.1 Å². The summed E-state index contributed by atoms with van der Waals surface area (Å²) < 4.78 is 0. The van der Waals surface area contributed by atoms with Crippen LogP contribution in [0.1, 0.15) is 16.7 Å². The summed E-state index contributed by atoms with van der Waals surface area (Å²) in [6, 6.07) is 8.70. The van der Waals surface area contributed by atoms with Gasteiger partial charge in [-0.15, -0.1) is 0 Å². The molecule has 2 rings (SSSR count). The minimum absolute atomic E-state index is 0.104. The Hall–Kier alpha value is -4.60. The number of allylic oxidation sites excluding steroid dienone is 3. The van der Waals surface area contributed by atoms with E-state index < -0.39 is 34.0 Å². The number of carboxylic acid groups (broad SMARTS) is 1. The van der Waals surface area contributed by atoms with Gasteiger partial charge < -0.3 is 26.4 Å².